The lowest BCUT2D eigenvalue weighted by atomic mass is 10.2. The van der Waals surface area contributed by atoms with E-state index in [1.165, 1.54) is 0 Å². The molecular weight excluding hydrogens is 334 g/mol. The van der Waals surface area contributed by atoms with Gasteiger partial charge in [-0.3, -0.25) is 0 Å². The van der Waals surface area contributed by atoms with Crippen LogP contribution in [-0.2, 0) is 10.0 Å². The summed E-state index contributed by atoms with van der Waals surface area (Å²) in [5.74, 6) is 1.93. The van der Waals surface area contributed by atoms with Gasteiger partial charge in [-0.2, -0.15) is 16.1 Å². The maximum atomic E-state index is 12.6. The lowest BCUT2D eigenvalue weighted by Crippen LogP contribution is -2.33. The highest BCUT2D eigenvalue weighted by molar-refractivity contribution is 9.10. The van der Waals surface area contributed by atoms with E-state index in [1.54, 1.807) is 10.4 Å². The van der Waals surface area contributed by atoms with Crippen LogP contribution >= 0.6 is 27.7 Å². The first kappa shape index (κ1) is 14.4. The summed E-state index contributed by atoms with van der Waals surface area (Å²) in [5.41, 5.74) is 0.801. The van der Waals surface area contributed by atoms with Crippen LogP contribution in [0.25, 0.3) is 0 Å². The summed E-state index contributed by atoms with van der Waals surface area (Å²) in [6.45, 7) is 3.08. The fourth-order valence-electron chi connectivity index (χ4n) is 1.95. The first-order valence-electron chi connectivity index (χ1n) is 5.86. The highest BCUT2D eigenvalue weighted by Crippen LogP contribution is 2.25. The van der Waals surface area contributed by atoms with Crippen molar-refractivity contribution < 1.29 is 8.42 Å². The molecule has 0 aromatic heterocycles. The molecule has 100 valence electrons. The number of benzene rings is 1. The lowest BCUT2D eigenvalue weighted by Gasteiger charge is -2.20. The summed E-state index contributed by atoms with van der Waals surface area (Å²) in [4.78, 5) is 0.420. The van der Waals surface area contributed by atoms with Crippen molar-refractivity contribution in [2.45, 2.75) is 18.2 Å². The van der Waals surface area contributed by atoms with E-state index in [0.717, 1.165) is 28.0 Å². The predicted octanol–water partition coefficient (Wildman–Crippen LogP) is 2.89. The minimum absolute atomic E-state index is 0.420. The first-order chi connectivity index (χ1) is 8.51. The molecule has 0 atom stereocenters. The van der Waals surface area contributed by atoms with Gasteiger partial charge in [-0.1, -0.05) is 22.0 Å². The molecule has 2 rings (SSSR count). The molecule has 1 aromatic carbocycles. The summed E-state index contributed by atoms with van der Waals surface area (Å²) >= 11 is 5.16. The van der Waals surface area contributed by atoms with Crippen LogP contribution in [0.4, 0.5) is 0 Å². The molecular formula is C12H16BrNO2S2. The van der Waals surface area contributed by atoms with Gasteiger partial charge in [-0.15, -0.1) is 0 Å². The number of sulfonamides is 1. The van der Waals surface area contributed by atoms with E-state index in [1.807, 2.05) is 30.8 Å². The monoisotopic (exact) mass is 349 g/mol. The molecule has 0 spiro atoms. The highest BCUT2D eigenvalue weighted by Gasteiger charge is 2.26. The van der Waals surface area contributed by atoms with Crippen molar-refractivity contribution in [1.29, 1.82) is 0 Å². The average Bonchev–Trinajstić information content (AvgIpc) is 2.61. The topological polar surface area (TPSA) is 37.4 Å². The third kappa shape index (κ3) is 3.10. The van der Waals surface area contributed by atoms with Crippen LogP contribution in [-0.4, -0.2) is 37.3 Å². The van der Waals surface area contributed by atoms with Gasteiger partial charge in [0.15, 0.2) is 0 Å². The Morgan fingerprint density at radius 3 is 2.83 bits per heavy atom. The van der Waals surface area contributed by atoms with Crippen molar-refractivity contribution in [2.75, 3.05) is 24.6 Å². The normalized spacial score (nSPS) is 18.6. The van der Waals surface area contributed by atoms with E-state index in [-0.39, 0.29) is 0 Å². The summed E-state index contributed by atoms with van der Waals surface area (Å²) < 4.78 is 27.6. The minimum Gasteiger partial charge on any atom is -0.207 e. The van der Waals surface area contributed by atoms with Gasteiger partial charge in [0.05, 0.1) is 4.90 Å². The predicted molar refractivity (Wildman–Crippen MR) is 79.6 cm³/mol. The molecule has 1 aliphatic rings. The Labute approximate surface area is 121 Å². The standard InChI is InChI=1S/C12H16BrNO2S2/c1-10-3-4-11(13)9-12(10)18(15,16)14-5-2-7-17-8-6-14/h3-4,9H,2,5-8H2,1H3. The SMILES string of the molecule is Cc1ccc(Br)cc1S(=O)(=O)N1CCCSCC1. The fourth-order valence-corrected chi connectivity index (χ4v) is 5.20. The molecule has 1 aliphatic heterocycles. The van der Waals surface area contributed by atoms with E-state index in [9.17, 15) is 8.42 Å². The number of hydrogen-bond donors (Lipinski definition) is 0. The Bertz CT molecular complexity index is 523. The summed E-state index contributed by atoms with van der Waals surface area (Å²) in [5, 5.41) is 0. The third-order valence-corrected chi connectivity index (χ3v) is 6.53. The van der Waals surface area contributed by atoms with Crippen LogP contribution in [0.15, 0.2) is 27.6 Å². The molecule has 0 saturated carbocycles. The van der Waals surface area contributed by atoms with Crippen molar-refractivity contribution >= 4 is 37.7 Å². The van der Waals surface area contributed by atoms with Gasteiger partial charge in [0, 0.05) is 23.3 Å². The largest absolute Gasteiger partial charge is 0.243 e. The molecule has 18 heavy (non-hydrogen) atoms. The maximum Gasteiger partial charge on any atom is 0.243 e. The first-order valence-corrected chi connectivity index (χ1v) is 9.24. The molecule has 0 aliphatic carbocycles. The third-order valence-electron chi connectivity index (χ3n) is 2.95. The number of thioether (sulfide) groups is 1. The molecule has 0 unspecified atom stereocenters. The highest BCUT2D eigenvalue weighted by atomic mass is 79.9. The zero-order chi connectivity index (χ0) is 13.2. The van der Waals surface area contributed by atoms with E-state index in [4.69, 9.17) is 0 Å². The Morgan fingerprint density at radius 1 is 1.28 bits per heavy atom. The number of hydrogen-bond acceptors (Lipinski definition) is 3. The number of rotatable bonds is 2. The Hall–Kier alpha value is -0.0400. The lowest BCUT2D eigenvalue weighted by molar-refractivity contribution is 0.434. The summed E-state index contributed by atoms with van der Waals surface area (Å²) in [7, 11) is -3.35. The van der Waals surface area contributed by atoms with Crippen LogP contribution in [0.3, 0.4) is 0 Å². The fraction of sp³-hybridized carbons (Fsp3) is 0.500. The molecule has 1 heterocycles. The molecule has 0 N–H and O–H groups in total. The molecule has 1 aromatic rings. The van der Waals surface area contributed by atoms with Crippen LogP contribution in [0, 0.1) is 6.92 Å². The molecule has 0 amide bonds. The number of halogens is 1. The molecule has 6 heteroatoms. The average molecular weight is 350 g/mol. The molecule has 3 nitrogen and oxygen atoms in total. The minimum atomic E-state index is -3.35. The van der Waals surface area contributed by atoms with E-state index >= 15 is 0 Å². The van der Waals surface area contributed by atoms with Crippen LogP contribution in [0.5, 0.6) is 0 Å². The van der Waals surface area contributed by atoms with Gasteiger partial charge >= 0.3 is 0 Å². The van der Waals surface area contributed by atoms with Crippen LogP contribution in [0.1, 0.15) is 12.0 Å². The van der Waals surface area contributed by atoms with Gasteiger partial charge in [-0.25, -0.2) is 8.42 Å². The number of nitrogens with zero attached hydrogens (tertiary/aromatic N) is 1. The second kappa shape index (κ2) is 5.94. The van der Waals surface area contributed by atoms with Gasteiger partial charge in [-0.05, 0) is 36.8 Å². The smallest absolute Gasteiger partial charge is 0.207 e. The van der Waals surface area contributed by atoms with Crippen molar-refractivity contribution in [2.24, 2.45) is 0 Å². The summed E-state index contributed by atoms with van der Waals surface area (Å²) in [6.07, 6.45) is 0.928. The zero-order valence-corrected chi connectivity index (χ0v) is 13.4. The second-order valence-electron chi connectivity index (χ2n) is 4.28. The summed E-state index contributed by atoms with van der Waals surface area (Å²) in [6, 6.07) is 5.40. The van der Waals surface area contributed by atoms with E-state index < -0.39 is 10.0 Å². The van der Waals surface area contributed by atoms with Gasteiger partial charge in [0.25, 0.3) is 0 Å². The Kier molecular flexibility index (Phi) is 4.75. The van der Waals surface area contributed by atoms with Crippen molar-refractivity contribution in [3.05, 3.63) is 28.2 Å². The maximum absolute atomic E-state index is 12.6. The number of aryl methyl sites for hydroxylation is 1. The second-order valence-corrected chi connectivity index (χ2v) is 8.33. The van der Waals surface area contributed by atoms with Crippen molar-refractivity contribution in [1.82, 2.24) is 4.31 Å². The van der Waals surface area contributed by atoms with Gasteiger partial charge < -0.3 is 0 Å². The van der Waals surface area contributed by atoms with E-state index in [0.29, 0.717) is 18.0 Å². The molecule has 0 radical (unpaired) electrons. The van der Waals surface area contributed by atoms with E-state index in [2.05, 4.69) is 15.9 Å². The van der Waals surface area contributed by atoms with Crippen molar-refractivity contribution in [3.8, 4) is 0 Å². The molecule has 1 fully saturated rings. The Morgan fingerprint density at radius 2 is 2.06 bits per heavy atom. The quantitative estimate of drug-likeness (QED) is 0.823. The zero-order valence-electron chi connectivity index (χ0n) is 10.2. The van der Waals surface area contributed by atoms with Gasteiger partial charge in [0.1, 0.15) is 0 Å². The molecule has 0 bridgehead atoms. The van der Waals surface area contributed by atoms with Gasteiger partial charge in [0.2, 0.25) is 10.0 Å². The molecule has 1 saturated heterocycles. The van der Waals surface area contributed by atoms with Crippen LogP contribution in [0.2, 0.25) is 0 Å². The van der Waals surface area contributed by atoms with Crippen molar-refractivity contribution in [3.63, 3.8) is 0 Å². The Balaban J connectivity index is 2.37. The van der Waals surface area contributed by atoms with Crippen LogP contribution < -0.4 is 0 Å².